The van der Waals surface area contributed by atoms with Crippen molar-refractivity contribution < 1.29 is 13.2 Å². The van der Waals surface area contributed by atoms with E-state index in [1.807, 2.05) is 12.1 Å². The Morgan fingerprint density at radius 3 is 2.84 bits per heavy atom. The minimum atomic E-state index is -3.56. The van der Waals surface area contributed by atoms with E-state index >= 15 is 0 Å². The van der Waals surface area contributed by atoms with Crippen LogP contribution in [0.25, 0.3) is 11.0 Å². The van der Waals surface area contributed by atoms with E-state index < -0.39 is 10.0 Å². The molecule has 0 saturated heterocycles. The van der Waals surface area contributed by atoms with Crippen LogP contribution in [-0.4, -0.2) is 42.9 Å². The molecule has 0 amide bonds. The SMILES string of the molecule is CN(CCCOc1ccccc1Cl)S(=O)(=O)c1ccc2nc[nH]c2c1. The molecule has 0 aliphatic rings. The third-order valence-corrected chi connectivity index (χ3v) is 5.98. The van der Waals surface area contributed by atoms with Gasteiger partial charge < -0.3 is 9.72 Å². The quantitative estimate of drug-likeness (QED) is 0.639. The number of hydrogen-bond donors (Lipinski definition) is 1. The summed E-state index contributed by atoms with van der Waals surface area (Å²) in [6.07, 6.45) is 2.09. The van der Waals surface area contributed by atoms with Crippen LogP contribution in [0, 0.1) is 0 Å². The smallest absolute Gasteiger partial charge is 0.242 e. The number of aromatic amines is 1. The normalized spacial score (nSPS) is 12.0. The van der Waals surface area contributed by atoms with E-state index in [1.165, 1.54) is 10.6 Å². The van der Waals surface area contributed by atoms with E-state index in [9.17, 15) is 8.42 Å². The maximum atomic E-state index is 12.6. The van der Waals surface area contributed by atoms with Gasteiger partial charge in [0.15, 0.2) is 0 Å². The van der Waals surface area contributed by atoms with Gasteiger partial charge in [0.25, 0.3) is 0 Å². The Morgan fingerprint density at radius 2 is 2.04 bits per heavy atom. The highest BCUT2D eigenvalue weighted by Crippen LogP contribution is 2.23. The van der Waals surface area contributed by atoms with Crippen LogP contribution in [0.1, 0.15) is 6.42 Å². The summed E-state index contributed by atoms with van der Waals surface area (Å²) in [5, 5.41) is 0.538. The van der Waals surface area contributed by atoms with Crippen molar-refractivity contribution in [1.29, 1.82) is 0 Å². The lowest BCUT2D eigenvalue weighted by Crippen LogP contribution is -2.28. The number of para-hydroxylation sites is 1. The molecule has 1 N–H and O–H groups in total. The highest BCUT2D eigenvalue weighted by atomic mass is 35.5. The van der Waals surface area contributed by atoms with Crippen molar-refractivity contribution in [3.05, 3.63) is 53.8 Å². The van der Waals surface area contributed by atoms with Gasteiger partial charge in [0, 0.05) is 13.6 Å². The van der Waals surface area contributed by atoms with E-state index in [1.54, 1.807) is 37.4 Å². The summed E-state index contributed by atoms with van der Waals surface area (Å²) in [7, 11) is -2.00. The van der Waals surface area contributed by atoms with Crippen LogP contribution in [0.5, 0.6) is 5.75 Å². The van der Waals surface area contributed by atoms with Gasteiger partial charge in [0.1, 0.15) is 5.75 Å². The Kier molecular flexibility index (Phi) is 5.27. The molecule has 8 heteroatoms. The highest BCUT2D eigenvalue weighted by molar-refractivity contribution is 7.89. The first-order valence-electron chi connectivity index (χ1n) is 7.75. The summed E-state index contributed by atoms with van der Waals surface area (Å²) >= 11 is 6.02. The van der Waals surface area contributed by atoms with Crippen molar-refractivity contribution in [2.75, 3.05) is 20.2 Å². The molecule has 1 aromatic heterocycles. The Labute approximate surface area is 151 Å². The third kappa shape index (κ3) is 3.95. The Balaban J connectivity index is 1.59. The van der Waals surface area contributed by atoms with Crippen LogP contribution in [0.3, 0.4) is 0 Å². The van der Waals surface area contributed by atoms with Gasteiger partial charge in [-0.05, 0) is 36.8 Å². The van der Waals surface area contributed by atoms with Crippen LogP contribution in [0.15, 0.2) is 53.7 Å². The van der Waals surface area contributed by atoms with Crippen molar-refractivity contribution >= 4 is 32.7 Å². The average molecular weight is 380 g/mol. The number of aromatic nitrogens is 2. The number of sulfonamides is 1. The standard InChI is InChI=1S/C17H18ClN3O3S/c1-21(9-4-10-24-17-6-3-2-5-14(17)18)25(22,23)13-7-8-15-16(11-13)20-12-19-15/h2-3,5-8,11-12H,4,9-10H2,1H3,(H,19,20). The highest BCUT2D eigenvalue weighted by Gasteiger charge is 2.21. The van der Waals surface area contributed by atoms with Crippen molar-refractivity contribution in [3.63, 3.8) is 0 Å². The minimum Gasteiger partial charge on any atom is -0.492 e. The Morgan fingerprint density at radius 1 is 1.24 bits per heavy atom. The average Bonchev–Trinajstić information content (AvgIpc) is 3.07. The number of H-pyrrole nitrogens is 1. The number of ether oxygens (including phenoxy) is 1. The molecule has 0 atom stereocenters. The molecular formula is C17H18ClN3O3S. The van der Waals surface area contributed by atoms with Crippen LogP contribution in [0.2, 0.25) is 5.02 Å². The summed E-state index contributed by atoms with van der Waals surface area (Å²) in [5.41, 5.74) is 1.42. The fraction of sp³-hybridized carbons (Fsp3) is 0.235. The largest absolute Gasteiger partial charge is 0.492 e. The van der Waals surface area contributed by atoms with Crippen LogP contribution in [0.4, 0.5) is 0 Å². The van der Waals surface area contributed by atoms with Crippen LogP contribution >= 0.6 is 11.6 Å². The second-order valence-electron chi connectivity index (χ2n) is 5.54. The number of fused-ring (bicyclic) bond motifs is 1. The Hall–Kier alpha value is -2.09. The molecular weight excluding hydrogens is 362 g/mol. The zero-order valence-electron chi connectivity index (χ0n) is 13.6. The van der Waals surface area contributed by atoms with E-state index in [4.69, 9.17) is 16.3 Å². The topological polar surface area (TPSA) is 75.3 Å². The first kappa shape index (κ1) is 17.7. The second-order valence-corrected chi connectivity index (χ2v) is 7.99. The molecule has 0 fully saturated rings. The molecule has 1 heterocycles. The molecule has 3 aromatic rings. The number of nitrogens with zero attached hydrogens (tertiary/aromatic N) is 2. The predicted octanol–water partition coefficient (Wildman–Crippen LogP) is 3.31. The first-order chi connectivity index (χ1) is 12.0. The van der Waals surface area contributed by atoms with E-state index in [2.05, 4.69) is 9.97 Å². The summed E-state index contributed by atoms with van der Waals surface area (Å²) < 4.78 is 32.2. The maximum absolute atomic E-state index is 12.6. The third-order valence-electron chi connectivity index (χ3n) is 3.81. The Bertz CT molecular complexity index is 972. The van der Waals surface area contributed by atoms with Crippen molar-refractivity contribution in [3.8, 4) is 5.75 Å². The molecule has 0 spiro atoms. The number of halogens is 1. The molecule has 0 unspecified atom stereocenters. The lowest BCUT2D eigenvalue weighted by atomic mass is 10.3. The molecule has 0 aliphatic carbocycles. The van der Waals surface area contributed by atoms with Crippen LogP contribution < -0.4 is 4.74 Å². The molecule has 6 nitrogen and oxygen atoms in total. The fourth-order valence-electron chi connectivity index (χ4n) is 2.41. The fourth-order valence-corrected chi connectivity index (χ4v) is 3.83. The van der Waals surface area contributed by atoms with Crippen molar-refractivity contribution in [1.82, 2.24) is 14.3 Å². The zero-order valence-corrected chi connectivity index (χ0v) is 15.2. The number of imidazole rings is 1. The molecule has 0 saturated carbocycles. The van der Waals surface area contributed by atoms with Crippen LogP contribution in [-0.2, 0) is 10.0 Å². The number of nitrogens with one attached hydrogen (secondary N) is 1. The van der Waals surface area contributed by atoms with Gasteiger partial charge in [0.05, 0.1) is 33.9 Å². The first-order valence-corrected chi connectivity index (χ1v) is 9.57. The lowest BCUT2D eigenvalue weighted by Gasteiger charge is -2.17. The summed E-state index contributed by atoms with van der Waals surface area (Å²) in [4.78, 5) is 7.25. The molecule has 25 heavy (non-hydrogen) atoms. The van der Waals surface area contributed by atoms with Crippen molar-refractivity contribution in [2.24, 2.45) is 0 Å². The number of hydrogen-bond acceptors (Lipinski definition) is 4. The molecule has 2 aromatic carbocycles. The molecule has 0 radical (unpaired) electrons. The monoisotopic (exact) mass is 379 g/mol. The van der Waals surface area contributed by atoms with Gasteiger partial charge in [-0.15, -0.1) is 0 Å². The number of benzene rings is 2. The molecule has 132 valence electrons. The summed E-state index contributed by atoms with van der Waals surface area (Å²) in [6.45, 7) is 0.719. The lowest BCUT2D eigenvalue weighted by molar-refractivity contribution is 0.296. The predicted molar refractivity (Wildman–Crippen MR) is 97.5 cm³/mol. The van der Waals surface area contributed by atoms with Gasteiger partial charge >= 0.3 is 0 Å². The molecule has 0 bridgehead atoms. The zero-order chi connectivity index (χ0) is 17.9. The van der Waals surface area contributed by atoms with Gasteiger partial charge in [-0.3, -0.25) is 0 Å². The van der Waals surface area contributed by atoms with E-state index in [0.717, 1.165) is 5.52 Å². The van der Waals surface area contributed by atoms with E-state index in [-0.39, 0.29) is 4.90 Å². The summed E-state index contributed by atoms with van der Waals surface area (Å²) in [5.74, 6) is 0.597. The van der Waals surface area contributed by atoms with Gasteiger partial charge in [-0.2, -0.15) is 0 Å². The maximum Gasteiger partial charge on any atom is 0.242 e. The van der Waals surface area contributed by atoms with E-state index in [0.29, 0.717) is 35.9 Å². The van der Waals surface area contributed by atoms with Gasteiger partial charge in [-0.1, -0.05) is 23.7 Å². The minimum absolute atomic E-state index is 0.235. The number of rotatable bonds is 7. The van der Waals surface area contributed by atoms with Gasteiger partial charge in [-0.25, -0.2) is 17.7 Å². The summed E-state index contributed by atoms with van der Waals surface area (Å²) in [6, 6.07) is 12.0. The van der Waals surface area contributed by atoms with Crippen molar-refractivity contribution in [2.45, 2.75) is 11.3 Å². The molecule has 0 aliphatic heterocycles. The van der Waals surface area contributed by atoms with Gasteiger partial charge in [0.2, 0.25) is 10.0 Å². The second kappa shape index (κ2) is 7.43. The molecule has 3 rings (SSSR count).